The number of carbonyl (C=O) groups is 2. The summed E-state index contributed by atoms with van der Waals surface area (Å²) in [7, 11) is 1.55. The fraction of sp³-hybridized carbons (Fsp3) is 0.250. The Morgan fingerprint density at radius 3 is 2.55 bits per heavy atom. The predicted molar refractivity (Wildman–Crippen MR) is 85.6 cm³/mol. The number of thioether (sulfide) groups is 1. The summed E-state index contributed by atoms with van der Waals surface area (Å²) in [5, 5.41) is 5.34. The minimum Gasteiger partial charge on any atom is -0.468 e. The van der Waals surface area contributed by atoms with E-state index in [9.17, 15) is 9.59 Å². The third kappa shape index (κ3) is 4.14. The first-order chi connectivity index (χ1) is 10.6. The monoisotopic (exact) mass is 318 g/mol. The molecule has 0 radical (unpaired) electrons. The van der Waals surface area contributed by atoms with Gasteiger partial charge in [-0.25, -0.2) is 0 Å². The van der Waals surface area contributed by atoms with Gasteiger partial charge in [0.1, 0.15) is 11.8 Å². The van der Waals surface area contributed by atoms with Crippen LogP contribution in [0.15, 0.2) is 52.0 Å². The van der Waals surface area contributed by atoms with Crippen LogP contribution in [0, 0.1) is 6.92 Å². The summed E-state index contributed by atoms with van der Waals surface area (Å²) in [5.41, 5.74) is 0.750. The average Bonchev–Trinajstić information content (AvgIpc) is 2.96. The van der Waals surface area contributed by atoms with E-state index in [4.69, 9.17) is 4.42 Å². The van der Waals surface area contributed by atoms with Gasteiger partial charge in [0.05, 0.1) is 12.0 Å². The van der Waals surface area contributed by atoms with Gasteiger partial charge in [-0.2, -0.15) is 0 Å². The Hall–Kier alpha value is -2.21. The number of hydrogen-bond donors (Lipinski definition) is 2. The van der Waals surface area contributed by atoms with Gasteiger partial charge in [-0.15, -0.1) is 11.8 Å². The van der Waals surface area contributed by atoms with Crippen molar-refractivity contribution in [2.75, 3.05) is 12.8 Å². The standard InChI is InChI=1S/C16H18N2O3S/c1-11-13(8-9-21-11)22-10-14(19)18-15(16(20)17-2)12-6-4-3-5-7-12/h3-9,15H,10H2,1-2H3,(H,17,20)(H,18,19)/t15-/m0/s1. The Morgan fingerprint density at radius 2 is 1.95 bits per heavy atom. The smallest absolute Gasteiger partial charge is 0.246 e. The SMILES string of the molecule is CNC(=O)[C@@H](NC(=O)CSc1ccoc1C)c1ccccc1. The lowest BCUT2D eigenvalue weighted by molar-refractivity contribution is -0.127. The minimum atomic E-state index is -0.690. The second-order valence-electron chi connectivity index (χ2n) is 4.66. The number of furan rings is 1. The van der Waals surface area contributed by atoms with Crippen LogP contribution in [-0.4, -0.2) is 24.6 Å². The van der Waals surface area contributed by atoms with Crippen molar-refractivity contribution in [3.05, 3.63) is 54.0 Å². The topological polar surface area (TPSA) is 71.3 Å². The number of benzene rings is 1. The molecule has 0 saturated heterocycles. The summed E-state index contributed by atoms with van der Waals surface area (Å²) in [4.78, 5) is 25.0. The fourth-order valence-corrected chi connectivity index (χ4v) is 2.73. The van der Waals surface area contributed by atoms with Crippen LogP contribution in [0.3, 0.4) is 0 Å². The summed E-state index contributed by atoms with van der Waals surface area (Å²) >= 11 is 1.38. The first kappa shape index (κ1) is 16.2. The predicted octanol–water partition coefficient (Wildman–Crippen LogP) is 2.28. The second kappa shape index (κ2) is 7.70. The number of hydrogen-bond acceptors (Lipinski definition) is 4. The van der Waals surface area contributed by atoms with Crippen molar-refractivity contribution in [1.29, 1.82) is 0 Å². The summed E-state index contributed by atoms with van der Waals surface area (Å²) in [6, 6.07) is 10.3. The van der Waals surface area contributed by atoms with Crippen LogP contribution in [-0.2, 0) is 9.59 Å². The number of aryl methyl sites for hydroxylation is 1. The molecule has 0 unspecified atom stereocenters. The van der Waals surface area contributed by atoms with Gasteiger partial charge >= 0.3 is 0 Å². The summed E-state index contributed by atoms with van der Waals surface area (Å²) < 4.78 is 5.19. The maximum atomic E-state index is 12.1. The zero-order chi connectivity index (χ0) is 15.9. The quantitative estimate of drug-likeness (QED) is 0.802. The minimum absolute atomic E-state index is 0.206. The van der Waals surface area contributed by atoms with Crippen LogP contribution in [0.2, 0.25) is 0 Å². The molecule has 0 saturated carbocycles. The molecule has 2 amide bonds. The molecule has 1 aromatic carbocycles. The molecule has 2 N–H and O–H groups in total. The van der Waals surface area contributed by atoms with E-state index >= 15 is 0 Å². The highest BCUT2D eigenvalue weighted by atomic mass is 32.2. The lowest BCUT2D eigenvalue weighted by Crippen LogP contribution is -2.39. The van der Waals surface area contributed by atoms with Crippen molar-refractivity contribution in [1.82, 2.24) is 10.6 Å². The van der Waals surface area contributed by atoms with E-state index in [0.29, 0.717) is 0 Å². The molecule has 2 aromatic rings. The van der Waals surface area contributed by atoms with Crippen LogP contribution >= 0.6 is 11.8 Å². The van der Waals surface area contributed by atoms with E-state index in [0.717, 1.165) is 16.2 Å². The third-order valence-corrected chi connectivity index (χ3v) is 4.26. The molecule has 1 aromatic heterocycles. The highest BCUT2D eigenvalue weighted by Gasteiger charge is 2.21. The van der Waals surface area contributed by atoms with Gasteiger partial charge in [-0.05, 0) is 18.6 Å². The van der Waals surface area contributed by atoms with Crippen molar-refractivity contribution in [3.63, 3.8) is 0 Å². The van der Waals surface area contributed by atoms with Gasteiger partial charge in [0.25, 0.3) is 0 Å². The molecule has 1 heterocycles. The lowest BCUT2D eigenvalue weighted by atomic mass is 10.1. The van der Waals surface area contributed by atoms with Crippen molar-refractivity contribution >= 4 is 23.6 Å². The molecule has 116 valence electrons. The van der Waals surface area contributed by atoms with E-state index in [1.165, 1.54) is 11.8 Å². The number of rotatable bonds is 6. The van der Waals surface area contributed by atoms with E-state index in [2.05, 4.69) is 10.6 Å². The second-order valence-corrected chi connectivity index (χ2v) is 5.67. The molecule has 0 aliphatic heterocycles. The van der Waals surface area contributed by atoms with E-state index in [1.54, 1.807) is 13.3 Å². The fourth-order valence-electron chi connectivity index (χ4n) is 1.96. The third-order valence-electron chi connectivity index (χ3n) is 3.12. The molecule has 5 nitrogen and oxygen atoms in total. The first-order valence-corrected chi connectivity index (χ1v) is 7.83. The Labute approximate surface area is 133 Å². The lowest BCUT2D eigenvalue weighted by Gasteiger charge is -2.17. The van der Waals surface area contributed by atoms with Crippen LogP contribution in [0.25, 0.3) is 0 Å². The van der Waals surface area contributed by atoms with Crippen molar-refractivity contribution in [2.24, 2.45) is 0 Å². The van der Waals surface area contributed by atoms with Crippen LogP contribution in [0.5, 0.6) is 0 Å². The maximum Gasteiger partial charge on any atom is 0.246 e. The normalized spacial score (nSPS) is 11.7. The molecule has 2 rings (SSSR count). The molecular weight excluding hydrogens is 300 g/mol. The van der Waals surface area contributed by atoms with Gasteiger partial charge in [0, 0.05) is 11.9 Å². The van der Waals surface area contributed by atoms with Gasteiger partial charge in [-0.3, -0.25) is 9.59 Å². The number of carbonyl (C=O) groups excluding carboxylic acids is 2. The van der Waals surface area contributed by atoms with Gasteiger partial charge in [-0.1, -0.05) is 30.3 Å². The Morgan fingerprint density at radius 1 is 1.23 bits per heavy atom. The van der Waals surface area contributed by atoms with Gasteiger partial charge in [0.15, 0.2) is 0 Å². The molecule has 0 spiro atoms. The highest BCUT2D eigenvalue weighted by Crippen LogP contribution is 2.23. The van der Waals surface area contributed by atoms with Crippen LogP contribution in [0.1, 0.15) is 17.4 Å². The molecule has 1 atom stereocenters. The number of nitrogens with one attached hydrogen (secondary N) is 2. The number of amides is 2. The van der Waals surface area contributed by atoms with Crippen molar-refractivity contribution < 1.29 is 14.0 Å². The Bertz CT molecular complexity index is 640. The molecule has 22 heavy (non-hydrogen) atoms. The molecule has 0 bridgehead atoms. The molecule has 0 aliphatic carbocycles. The van der Waals surface area contributed by atoms with Crippen LogP contribution < -0.4 is 10.6 Å². The first-order valence-electron chi connectivity index (χ1n) is 6.84. The van der Waals surface area contributed by atoms with E-state index in [1.807, 2.05) is 43.3 Å². The molecular formula is C16H18N2O3S. The zero-order valence-corrected chi connectivity index (χ0v) is 13.3. The van der Waals surface area contributed by atoms with Gasteiger partial charge in [0.2, 0.25) is 11.8 Å². The summed E-state index contributed by atoms with van der Waals surface area (Å²) in [5.74, 6) is 0.552. The largest absolute Gasteiger partial charge is 0.468 e. The van der Waals surface area contributed by atoms with Crippen LogP contribution in [0.4, 0.5) is 0 Å². The van der Waals surface area contributed by atoms with E-state index < -0.39 is 6.04 Å². The highest BCUT2D eigenvalue weighted by molar-refractivity contribution is 8.00. The van der Waals surface area contributed by atoms with E-state index in [-0.39, 0.29) is 17.6 Å². The average molecular weight is 318 g/mol. The summed E-state index contributed by atoms with van der Waals surface area (Å²) in [6.45, 7) is 1.84. The van der Waals surface area contributed by atoms with Gasteiger partial charge < -0.3 is 15.1 Å². The molecule has 6 heteroatoms. The summed E-state index contributed by atoms with van der Waals surface area (Å²) in [6.07, 6.45) is 1.59. The van der Waals surface area contributed by atoms with Crippen molar-refractivity contribution in [2.45, 2.75) is 17.9 Å². The Kier molecular flexibility index (Phi) is 5.66. The number of likely N-dealkylation sites (N-methyl/N-ethyl adjacent to an activating group) is 1. The molecule has 0 aliphatic rings. The van der Waals surface area contributed by atoms with Crippen molar-refractivity contribution in [3.8, 4) is 0 Å². The zero-order valence-electron chi connectivity index (χ0n) is 12.5. The molecule has 0 fully saturated rings. The maximum absolute atomic E-state index is 12.1. The Balaban J connectivity index is 1.99.